The number of H-pyrrole nitrogens is 1. The van der Waals surface area contributed by atoms with Gasteiger partial charge in [-0.2, -0.15) is 11.3 Å². The molecule has 1 aromatic carbocycles. The third-order valence-corrected chi connectivity index (χ3v) is 4.20. The van der Waals surface area contributed by atoms with Crippen LogP contribution in [0, 0.1) is 0 Å². The highest BCUT2D eigenvalue weighted by molar-refractivity contribution is 7.07. The van der Waals surface area contributed by atoms with Crippen LogP contribution in [-0.4, -0.2) is 27.9 Å². The first-order valence-corrected chi connectivity index (χ1v) is 8.26. The molecule has 2 N–H and O–H groups in total. The zero-order valence-electron chi connectivity index (χ0n) is 12.8. The van der Waals surface area contributed by atoms with Gasteiger partial charge in [-0.05, 0) is 28.0 Å². The minimum Gasteiger partial charge on any atom is -0.341 e. The maximum Gasteiger partial charge on any atom is 0.317 e. The molecule has 0 saturated carbocycles. The van der Waals surface area contributed by atoms with E-state index in [0.29, 0.717) is 13.1 Å². The Morgan fingerprint density at radius 1 is 1.30 bits per heavy atom. The molecule has 118 valence electrons. The fraction of sp³-hybridized carbons (Fsp3) is 0.176. The van der Waals surface area contributed by atoms with E-state index in [1.807, 2.05) is 47.2 Å². The molecule has 0 saturated heterocycles. The highest BCUT2D eigenvalue weighted by Gasteiger charge is 2.11. The summed E-state index contributed by atoms with van der Waals surface area (Å²) in [6, 6.07) is 11.9. The number of hydrogen-bond donors (Lipinski definition) is 2. The molecule has 5 nitrogen and oxygen atoms in total. The number of benzene rings is 1. The minimum absolute atomic E-state index is 0.117. The second kappa shape index (κ2) is 7.11. The lowest BCUT2D eigenvalue weighted by molar-refractivity contribution is 0.205. The molecule has 0 aliphatic carbocycles. The Balaban J connectivity index is 1.56. The summed E-state index contributed by atoms with van der Waals surface area (Å²) in [4.78, 5) is 21.3. The maximum atomic E-state index is 12.1. The van der Waals surface area contributed by atoms with Gasteiger partial charge in [0, 0.05) is 13.6 Å². The average molecular weight is 326 g/mol. The van der Waals surface area contributed by atoms with E-state index < -0.39 is 0 Å². The fourth-order valence-corrected chi connectivity index (χ4v) is 2.88. The Bertz CT molecular complexity index is 752. The summed E-state index contributed by atoms with van der Waals surface area (Å²) in [6.07, 6.45) is 1.79. The first kappa shape index (κ1) is 15.3. The molecule has 23 heavy (non-hydrogen) atoms. The predicted molar refractivity (Wildman–Crippen MR) is 92.0 cm³/mol. The molecule has 2 aromatic heterocycles. The molecule has 0 bridgehead atoms. The third-order valence-electron chi connectivity index (χ3n) is 3.47. The van der Waals surface area contributed by atoms with Crippen molar-refractivity contribution < 1.29 is 4.79 Å². The standard InChI is InChI=1S/C17H18N4OS/c1-21(17(22)19-9-13-7-8-23-12-13)11-16-18-10-15(20-16)14-5-3-2-4-6-14/h2-8,10,12H,9,11H2,1H3,(H,18,20)(H,19,22). The zero-order valence-corrected chi connectivity index (χ0v) is 13.6. The number of hydrogen-bond acceptors (Lipinski definition) is 3. The van der Waals surface area contributed by atoms with Crippen LogP contribution in [-0.2, 0) is 13.1 Å². The summed E-state index contributed by atoms with van der Waals surface area (Å²) < 4.78 is 0. The van der Waals surface area contributed by atoms with Gasteiger partial charge in [0.15, 0.2) is 0 Å². The molecule has 0 aliphatic heterocycles. The molecule has 2 amide bonds. The van der Waals surface area contributed by atoms with Gasteiger partial charge < -0.3 is 15.2 Å². The second-order valence-corrected chi connectivity index (χ2v) is 6.04. The van der Waals surface area contributed by atoms with Gasteiger partial charge in [-0.25, -0.2) is 9.78 Å². The minimum atomic E-state index is -0.117. The van der Waals surface area contributed by atoms with Crippen molar-refractivity contribution in [3.8, 4) is 11.3 Å². The molecule has 0 aliphatic rings. The number of carbonyl (C=O) groups excluding carboxylic acids is 1. The normalized spacial score (nSPS) is 10.5. The molecule has 3 aromatic rings. The number of imidazole rings is 1. The number of urea groups is 1. The van der Waals surface area contributed by atoms with Crippen LogP contribution >= 0.6 is 11.3 Å². The van der Waals surface area contributed by atoms with Crippen LogP contribution in [0.2, 0.25) is 0 Å². The zero-order chi connectivity index (χ0) is 16.1. The van der Waals surface area contributed by atoms with Crippen LogP contribution in [0.1, 0.15) is 11.4 Å². The topological polar surface area (TPSA) is 61.0 Å². The van der Waals surface area contributed by atoms with Crippen molar-refractivity contribution in [3.05, 3.63) is 64.7 Å². The first-order chi connectivity index (χ1) is 11.2. The number of carbonyl (C=O) groups is 1. The summed E-state index contributed by atoms with van der Waals surface area (Å²) >= 11 is 1.62. The van der Waals surface area contributed by atoms with Crippen LogP contribution < -0.4 is 5.32 Å². The third kappa shape index (κ3) is 3.98. The van der Waals surface area contributed by atoms with Crippen molar-refractivity contribution in [1.29, 1.82) is 0 Å². The van der Waals surface area contributed by atoms with Gasteiger partial charge in [0.1, 0.15) is 5.82 Å². The molecule has 2 heterocycles. The first-order valence-electron chi connectivity index (χ1n) is 7.32. The van der Waals surface area contributed by atoms with Crippen LogP contribution in [0.3, 0.4) is 0 Å². The summed E-state index contributed by atoms with van der Waals surface area (Å²) in [6.45, 7) is 0.975. The van der Waals surface area contributed by atoms with Gasteiger partial charge >= 0.3 is 6.03 Å². The number of aromatic nitrogens is 2. The number of amides is 2. The van der Waals surface area contributed by atoms with E-state index in [1.165, 1.54) is 0 Å². The van der Waals surface area contributed by atoms with Gasteiger partial charge in [-0.15, -0.1) is 0 Å². The molecule has 0 spiro atoms. The van der Waals surface area contributed by atoms with E-state index in [4.69, 9.17) is 0 Å². The van der Waals surface area contributed by atoms with Crippen molar-refractivity contribution in [1.82, 2.24) is 20.2 Å². The Labute approximate surface area is 139 Å². The second-order valence-electron chi connectivity index (χ2n) is 5.26. The lowest BCUT2D eigenvalue weighted by atomic mass is 10.2. The number of rotatable bonds is 5. The van der Waals surface area contributed by atoms with E-state index in [9.17, 15) is 4.79 Å². The summed E-state index contributed by atoms with van der Waals surface area (Å²) in [5.74, 6) is 0.761. The van der Waals surface area contributed by atoms with E-state index in [1.54, 1.807) is 29.5 Å². The number of aromatic amines is 1. The van der Waals surface area contributed by atoms with Gasteiger partial charge in [-0.3, -0.25) is 0 Å². The fourth-order valence-electron chi connectivity index (χ4n) is 2.21. The monoisotopic (exact) mass is 326 g/mol. The van der Waals surface area contributed by atoms with Crippen molar-refractivity contribution in [3.63, 3.8) is 0 Å². The van der Waals surface area contributed by atoms with Crippen molar-refractivity contribution in [2.24, 2.45) is 0 Å². The van der Waals surface area contributed by atoms with Crippen molar-refractivity contribution in [2.75, 3.05) is 7.05 Å². The Morgan fingerprint density at radius 2 is 2.13 bits per heavy atom. The van der Waals surface area contributed by atoms with Crippen LogP contribution in [0.25, 0.3) is 11.3 Å². The molecular formula is C17H18N4OS. The number of thiophene rings is 1. The molecule has 0 unspecified atom stereocenters. The average Bonchev–Trinajstić information content (AvgIpc) is 3.25. The highest BCUT2D eigenvalue weighted by Crippen LogP contribution is 2.16. The number of nitrogens with one attached hydrogen (secondary N) is 2. The Kier molecular flexibility index (Phi) is 4.73. The largest absolute Gasteiger partial charge is 0.341 e. The molecule has 0 atom stereocenters. The highest BCUT2D eigenvalue weighted by atomic mass is 32.1. The molecule has 0 radical (unpaired) electrons. The van der Waals surface area contributed by atoms with E-state index in [-0.39, 0.29) is 6.03 Å². The van der Waals surface area contributed by atoms with Crippen LogP contribution in [0.4, 0.5) is 4.79 Å². The molecule has 3 rings (SSSR count). The van der Waals surface area contributed by atoms with Crippen LogP contribution in [0.15, 0.2) is 53.4 Å². The Hall–Kier alpha value is -2.60. The lowest BCUT2D eigenvalue weighted by Crippen LogP contribution is -2.36. The van der Waals surface area contributed by atoms with E-state index in [0.717, 1.165) is 22.6 Å². The number of nitrogens with zero attached hydrogens (tertiary/aromatic N) is 2. The molecular weight excluding hydrogens is 308 g/mol. The van der Waals surface area contributed by atoms with Gasteiger partial charge in [0.25, 0.3) is 0 Å². The Morgan fingerprint density at radius 3 is 2.87 bits per heavy atom. The van der Waals surface area contributed by atoms with Gasteiger partial charge in [0.2, 0.25) is 0 Å². The SMILES string of the molecule is CN(Cc1ncc(-c2ccccc2)[nH]1)C(=O)NCc1ccsc1. The molecule has 0 fully saturated rings. The van der Waals surface area contributed by atoms with Crippen molar-refractivity contribution >= 4 is 17.4 Å². The smallest absolute Gasteiger partial charge is 0.317 e. The van der Waals surface area contributed by atoms with Crippen LogP contribution in [0.5, 0.6) is 0 Å². The van der Waals surface area contributed by atoms with E-state index in [2.05, 4.69) is 15.3 Å². The summed E-state index contributed by atoms with van der Waals surface area (Å²) in [7, 11) is 1.76. The quantitative estimate of drug-likeness (QED) is 0.754. The summed E-state index contributed by atoms with van der Waals surface area (Å²) in [5, 5.41) is 6.92. The van der Waals surface area contributed by atoms with E-state index >= 15 is 0 Å². The summed E-state index contributed by atoms with van der Waals surface area (Å²) in [5.41, 5.74) is 3.14. The predicted octanol–water partition coefficient (Wildman–Crippen LogP) is 3.48. The van der Waals surface area contributed by atoms with Gasteiger partial charge in [-0.1, -0.05) is 30.3 Å². The van der Waals surface area contributed by atoms with Crippen molar-refractivity contribution in [2.45, 2.75) is 13.1 Å². The lowest BCUT2D eigenvalue weighted by Gasteiger charge is -2.16. The maximum absolute atomic E-state index is 12.1. The molecule has 6 heteroatoms. The van der Waals surface area contributed by atoms with Gasteiger partial charge in [0.05, 0.1) is 18.4 Å².